The first-order valence-electron chi connectivity index (χ1n) is 5.15. The smallest absolute Gasteiger partial charge is 0.253 e. The van der Waals surface area contributed by atoms with Crippen LogP contribution in [-0.2, 0) is 4.79 Å². The van der Waals surface area contributed by atoms with Crippen LogP contribution in [-0.4, -0.2) is 24.9 Å². The minimum atomic E-state index is -0.423. The first-order chi connectivity index (χ1) is 8.06. The molecule has 0 radical (unpaired) electrons. The summed E-state index contributed by atoms with van der Waals surface area (Å²) in [5, 5.41) is 5.22. The molecule has 0 heterocycles. The molecule has 0 aromatic heterocycles. The highest BCUT2D eigenvalue weighted by Gasteiger charge is 2.12. The fraction of sp³-hybridized carbons (Fsp3) is 0.273. The molecular formula is C11H14ClN3O2. The van der Waals surface area contributed by atoms with Crippen molar-refractivity contribution in [1.29, 1.82) is 0 Å². The van der Waals surface area contributed by atoms with E-state index in [1.165, 1.54) is 0 Å². The van der Waals surface area contributed by atoms with Gasteiger partial charge in [-0.3, -0.25) is 9.59 Å². The molecule has 0 atom stereocenters. The Bertz CT molecular complexity index is 435. The van der Waals surface area contributed by atoms with E-state index in [1.807, 2.05) is 0 Å². The van der Waals surface area contributed by atoms with Crippen molar-refractivity contribution in [2.24, 2.45) is 0 Å². The molecule has 5 nitrogen and oxygen atoms in total. The monoisotopic (exact) mass is 255 g/mol. The molecule has 0 saturated carbocycles. The first-order valence-corrected chi connectivity index (χ1v) is 5.53. The number of hydrogen-bond donors (Lipinski definition) is 3. The topological polar surface area (TPSA) is 84.2 Å². The molecule has 2 amide bonds. The van der Waals surface area contributed by atoms with Crippen molar-refractivity contribution in [1.82, 2.24) is 10.6 Å². The molecular weight excluding hydrogens is 242 g/mol. The summed E-state index contributed by atoms with van der Waals surface area (Å²) in [6.45, 7) is 2.24. The number of rotatable bonds is 4. The van der Waals surface area contributed by atoms with Crippen LogP contribution in [0.2, 0.25) is 5.02 Å². The summed E-state index contributed by atoms with van der Waals surface area (Å²) >= 11 is 5.88. The summed E-state index contributed by atoms with van der Waals surface area (Å²) in [6, 6.07) is 4.77. The third-order valence-electron chi connectivity index (χ3n) is 2.06. The third kappa shape index (κ3) is 3.64. The van der Waals surface area contributed by atoms with Crippen molar-refractivity contribution >= 4 is 29.1 Å². The molecule has 4 N–H and O–H groups in total. The predicted molar refractivity (Wildman–Crippen MR) is 66.9 cm³/mol. The maximum atomic E-state index is 11.7. The van der Waals surface area contributed by atoms with E-state index in [9.17, 15) is 9.59 Å². The van der Waals surface area contributed by atoms with Gasteiger partial charge in [0.2, 0.25) is 5.91 Å². The average Bonchev–Trinajstić information content (AvgIpc) is 2.30. The largest absolute Gasteiger partial charge is 0.398 e. The molecule has 1 aromatic rings. The van der Waals surface area contributed by atoms with Gasteiger partial charge in [0.05, 0.1) is 22.8 Å². The van der Waals surface area contributed by atoms with Crippen LogP contribution in [0.3, 0.4) is 0 Å². The summed E-state index contributed by atoms with van der Waals surface area (Å²) in [4.78, 5) is 22.8. The van der Waals surface area contributed by atoms with Gasteiger partial charge in [0, 0.05) is 6.54 Å². The van der Waals surface area contributed by atoms with Crippen LogP contribution in [0.1, 0.15) is 17.3 Å². The molecule has 0 unspecified atom stereocenters. The Kier molecular flexibility index (Phi) is 4.78. The predicted octanol–water partition coefficient (Wildman–Crippen LogP) is 0.788. The lowest BCUT2D eigenvalue weighted by atomic mass is 10.2. The first kappa shape index (κ1) is 13.3. The van der Waals surface area contributed by atoms with Crippen molar-refractivity contribution in [2.45, 2.75) is 6.92 Å². The second-order valence-corrected chi connectivity index (χ2v) is 3.72. The average molecular weight is 256 g/mol. The van der Waals surface area contributed by atoms with Gasteiger partial charge < -0.3 is 16.4 Å². The van der Waals surface area contributed by atoms with E-state index in [-0.39, 0.29) is 23.0 Å². The molecule has 0 aliphatic carbocycles. The van der Waals surface area contributed by atoms with Gasteiger partial charge in [0.25, 0.3) is 5.91 Å². The number of likely N-dealkylation sites (N-methyl/N-ethyl adjacent to an activating group) is 1. The Labute approximate surface area is 104 Å². The molecule has 6 heteroatoms. The number of nitrogen functional groups attached to an aromatic ring is 1. The van der Waals surface area contributed by atoms with E-state index in [0.717, 1.165) is 0 Å². The molecule has 1 rings (SSSR count). The molecule has 0 aliphatic rings. The van der Waals surface area contributed by atoms with Crippen LogP contribution in [0.5, 0.6) is 0 Å². The maximum Gasteiger partial charge on any atom is 0.253 e. The third-order valence-corrected chi connectivity index (χ3v) is 2.48. The number of nitrogens with one attached hydrogen (secondary N) is 2. The van der Waals surface area contributed by atoms with Crippen molar-refractivity contribution in [2.75, 3.05) is 18.8 Å². The number of carbonyl (C=O) groups is 2. The van der Waals surface area contributed by atoms with Gasteiger partial charge in [-0.25, -0.2) is 0 Å². The number of carbonyl (C=O) groups excluding carboxylic acids is 2. The van der Waals surface area contributed by atoms with E-state index >= 15 is 0 Å². The van der Waals surface area contributed by atoms with Crippen LogP contribution in [0.25, 0.3) is 0 Å². The zero-order valence-electron chi connectivity index (χ0n) is 9.42. The summed E-state index contributed by atoms with van der Waals surface area (Å²) < 4.78 is 0. The van der Waals surface area contributed by atoms with Gasteiger partial charge in [0.15, 0.2) is 0 Å². The van der Waals surface area contributed by atoms with Crippen molar-refractivity contribution < 1.29 is 9.59 Å². The number of nitrogens with two attached hydrogens (primary N) is 1. The Morgan fingerprint density at radius 1 is 1.35 bits per heavy atom. The number of benzene rings is 1. The summed E-state index contributed by atoms with van der Waals surface area (Å²) in [6.07, 6.45) is 0. The molecule has 1 aromatic carbocycles. The van der Waals surface area contributed by atoms with Gasteiger partial charge in [-0.1, -0.05) is 17.7 Å². The van der Waals surface area contributed by atoms with E-state index in [2.05, 4.69) is 10.6 Å². The second kappa shape index (κ2) is 6.10. The number of halogens is 1. The lowest BCUT2D eigenvalue weighted by Crippen LogP contribution is -2.36. The second-order valence-electron chi connectivity index (χ2n) is 3.34. The number of hydrogen-bond acceptors (Lipinski definition) is 3. The van der Waals surface area contributed by atoms with Gasteiger partial charge in [-0.15, -0.1) is 0 Å². The van der Waals surface area contributed by atoms with E-state index in [0.29, 0.717) is 12.2 Å². The van der Waals surface area contributed by atoms with E-state index < -0.39 is 5.91 Å². The van der Waals surface area contributed by atoms with Crippen LogP contribution in [0.4, 0.5) is 5.69 Å². The Morgan fingerprint density at radius 3 is 2.71 bits per heavy atom. The molecule has 0 aliphatic heterocycles. The quantitative estimate of drug-likeness (QED) is 0.696. The Morgan fingerprint density at radius 2 is 2.06 bits per heavy atom. The molecule has 0 fully saturated rings. The molecule has 0 bridgehead atoms. The molecule has 92 valence electrons. The molecule has 0 saturated heterocycles. The van der Waals surface area contributed by atoms with Crippen molar-refractivity contribution in [3.8, 4) is 0 Å². The minimum absolute atomic E-state index is 0.0855. The summed E-state index contributed by atoms with van der Waals surface area (Å²) in [7, 11) is 0. The fourth-order valence-electron chi connectivity index (χ4n) is 1.24. The van der Waals surface area contributed by atoms with Gasteiger partial charge in [-0.2, -0.15) is 0 Å². The highest BCUT2D eigenvalue weighted by atomic mass is 35.5. The molecule has 0 spiro atoms. The van der Waals surface area contributed by atoms with Crippen molar-refractivity contribution in [3.63, 3.8) is 0 Å². The van der Waals surface area contributed by atoms with Gasteiger partial charge >= 0.3 is 0 Å². The molecule has 17 heavy (non-hydrogen) atoms. The number of amides is 2. The Hall–Kier alpha value is -1.75. The van der Waals surface area contributed by atoms with Crippen LogP contribution in [0.15, 0.2) is 18.2 Å². The van der Waals surface area contributed by atoms with Gasteiger partial charge in [-0.05, 0) is 19.1 Å². The summed E-state index contributed by atoms with van der Waals surface area (Å²) in [5.41, 5.74) is 6.16. The highest BCUT2D eigenvalue weighted by molar-refractivity contribution is 6.36. The fourth-order valence-corrected chi connectivity index (χ4v) is 1.45. The van der Waals surface area contributed by atoms with Crippen molar-refractivity contribution in [3.05, 3.63) is 28.8 Å². The van der Waals surface area contributed by atoms with Crippen LogP contribution in [0, 0.1) is 0 Å². The van der Waals surface area contributed by atoms with Crippen LogP contribution >= 0.6 is 11.6 Å². The Balaban J connectivity index is 2.64. The van der Waals surface area contributed by atoms with E-state index in [1.54, 1.807) is 25.1 Å². The maximum absolute atomic E-state index is 11.7. The summed E-state index contributed by atoms with van der Waals surface area (Å²) in [5.74, 6) is -0.672. The van der Waals surface area contributed by atoms with E-state index in [4.69, 9.17) is 17.3 Å². The van der Waals surface area contributed by atoms with Crippen LogP contribution < -0.4 is 16.4 Å². The number of anilines is 1. The lowest BCUT2D eigenvalue weighted by Gasteiger charge is -2.07. The zero-order valence-corrected chi connectivity index (χ0v) is 10.2. The normalized spacial score (nSPS) is 9.76. The standard InChI is InChI=1S/C11H14ClN3O2/c1-2-14-9(16)6-15-11(17)7-4-3-5-8(13)10(7)12/h3-5H,2,6,13H2,1H3,(H,14,16)(H,15,17). The lowest BCUT2D eigenvalue weighted by molar-refractivity contribution is -0.120. The zero-order chi connectivity index (χ0) is 12.8. The minimum Gasteiger partial charge on any atom is -0.398 e. The van der Waals surface area contributed by atoms with Gasteiger partial charge in [0.1, 0.15) is 0 Å². The highest BCUT2D eigenvalue weighted by Crippen LogP contribution is 2.22. The SMILES string of the molecule is CCNC(=O)CNC(=O)c1cccc(N)c1Cl.